The molecule has 0 radical (unpaired) electrons. The number of halogens is 3. The summed E-state index contributed by atoms with van der Waals surface area (Å²) < 4.78 is 31.1. The molecule has 90 valence electrons. The SMILES string of the molecule is CC.CC.CC(F)(F)F.c1ccccc1. The Morgan fingerprint density at radius 2 is 0.667 bits per heavy atom. The molecule has 0 saturated heterocycles. The highest BCUT2D eigenvalue weighted by Gasteiger charge is 2.15. The third kappa shape index (κ3) is 62.8. The van der Waals surface area contributed by atoms with Crippen LogP contribution in [0.1, 0.15) is 34.6 Å². The van der Waals surface area contributed by atoms with Gasteiger partial charge in [-0.25, -0.2) is 0 Å². The van der Waals surface area contributed by atoms with Gasteiger partial charge in [0.25, 0.3) is 0 Å². The van der Waals surface area contributed by atoms with Crippen LogP contribution in [-0.4, -0.2) is 6.18 Å². The van der Waals surface area contributed by atoms with E-state index in [9.17, 15) is 13.2 Å². The van der Waals surface area contributed by atoms with Gasteiger partial charge in [-0.15, -0.1) is 0 Å². The van der Waals surface area contributed by atoms with E-state index in [1.54, 1.807) is 0 Å². The van der Waals surface area contributed by atoms with Crippen LogP contribution < -0.4 is 0 Å². The first-order chi connectivity index (χ1) is 7.00. The van der Waals surface area contributed by atoms with Gasteiger partial charge in [-0.1, -0.05) is 64.1 Å². The fraction of sp³-hybridized carbons (Fsp3) is 0.500. The predicted molar refractivity (Wildman–Crippen MR) is 60.9 cm³/mol. The Kier molecular flexibility index (Phi) is 20.2. The average Bonchev–Trinajstić information content (AvgIpc) is 2.24. The van der Waals surface area contributed by atoms with Crippen molar-refractivity contribution in [3.8, 4) is 0 Å². The van der Waals surface area contributed by atoms with E-state index in [0.29, 0.717) is 0 Å². The molecule has 0 nitrogen and oxygen atoms in total. The number of hydrogen-bond acceptors (Lipinski definition) is 0. The maximum absolute atomic E-state index is 10.4. The fourth-order valence-corrected chi connectivity index (χ4v) is 0.385. The largest absolute Gasteiger partial charge is 0.386 e. The molecule has 0 fully saturated rings. The van der Waals surface area contributed by atoms with Gasteiger partial charge >= 0.3 is 6.18 Å². The Balaban J connectivity index is -0.000000146. The third-order valence-electron chi connectivity index (χ3n) is 0.667. The summed E-state index contributed by atoms with van der Waals surface area (Å²) in [5.74, 6) is 0. The summed E-state index contributed by atoms with van der Waals surface area (Å²) in [6, 6.07) is 12.0. The number of alkyl halides is 3. The second-order valence-corrected chi connectivity index (χ2v) is 1.94. The van der Waals surface area contributed by atoms with E-state index in [-0.39, 0.29) is 6.92 Å². The number of hydrogen-bond donors (Lipinski definition) is 0. The Morgan fingerprint density at radius 3 is 0.733 bits per heavy atom. The monoisotopic (exact) mass is 222 g/mol. The molecule has 1 aromatic rings. The highest BCUT2D eigenvalue weighted by atomic mass is 19.4. The van der Waals surface area contributed by atoms with Gasteiger partial charge in [0.15, 0.2) is 0 Å². The van der Waals surface area contributed by atoms with Crippen molar-refractivity contribution in [2.75, 3.05) is 0 Å². The molecule has 3 heteroatoms. The van der Waals surface area contributed by atoms with Crippen LogP contribution >= 0.6 is 0 Å². The van der Waals surface area contributed by atoms with Crippen LogP contribution in [-0.2, 0) is 0 Å². The molecule has 0 aliphatic carbocycles. The maximum Gasteiger partial charge on any atom is 0.386 e. The molecule has 0 aromatic heterocycles. The molecule has 0 unspecified atom stereocenters. The van der Waals surface area contributed by atoms with Crippen molar-refractivity contribution >= 4 is 0 Å². The molecule has 0 N–H and O–H groups in total. The highest BCUT2D eigenvalue weighted by Crippen LogP contribution is 2.10. The molecule has 0 aliphatic rings. The summed E-state index contributed by atoms with van der Waals surface area (Å²) in [6.07, 6.45) is -4.00. The van der Waals surface area contributed by atoms with Crippen molar-refractivity contribution in [1.29, 1.82) is 0 Å². The quantitative estimate of drug-likeness (QED) is 0.558. The summed E-state index contributed by atoms with van der Waals surface area (Å²) in [5, 5.41) is 0. The minimum absolute atomic E-state index is 0.188. The van der Waals surface area contributed by atoms with Gasteiger partial charge in [0.05, 0.1) is 0 Å². The molecule has 0 heterocycles. The third-order valence-corrected chi connectivity index (χ3v) is 0.667. The van der Waals surface area contributed by atoms with E-state index in [1.165, 1.54) is 0 Å². The Bertz CT molecular complexity index is 135. The van der Waals surface area contributed by atoms with E-state index in [4.69, 9.17) is 0 Å². The van der Waals surface area contributed by atoms with Gasteiger partial charge in [0.1, 0.15) is 0 Å². The predicted octanol–water partition coefficient (Wildman–Crippen LogP) is 5.31. The molecule has 0 bridgehead atoms. The van der Waals surface area contributed by atoms with Crippen molar-refractivity contribution in [1.82, 2.24) is 0 Å². The molecule has 0 spiro atoms. The first-order valence-electron chi connectivity index (χ1n) is 5.07. The van der Waals surface area contributed by atoms with Gasteiger partial charge in [0, 0.05) is 6.92 Å². The van der Waals surface area contributed by atoms with Crippen LogP contribution in [0.25, 0.3) is 0 Å². The standard InChI is InChI=1S/C6H6.C2H3F3.2C2H6/c1-2-4-6-5-3-1;1-2(3,4)5;2*1-2/h1-6H;1H3;2*1-2H3. The van der Waals surface area contributed by atoms with Crippen LogP contribution in [0.2, 0.25) is 0 Å². The Hall–Kier alpha value is -0.990. The lowest BCUT2D eigenvalue weighted by molar-refractivity contribution is -0.110. The van der Waals surface area contributed by atoms with Gasteiger partial charge in [-0.3, -0.25) is 0 Å². The first-order valence-corrected chi connectivity index (χ1v) is 5.07. The van der Waals surface area contributed by atoms with E-state index in [1.807, 2.05) is 64.1 Å². The van der Waals surface area contributed by atoms with Gasteiger partial charge in [-0.05, 0) is 0 Å². The molecule has 1 aromatic carbocycles. The second-order valence-electron chi connectivity index (χ2n) is 1.94. The van der Waals surface area contributed by atoms with Gasteiger partial charge < -0.3 is 0 Å². The van der Waals surface area contributed by atoms with Crippen molar-refractivity contribution in [2.45, 2.75) is 40.8 Å². The molecular weight excluding hydrogens is 201 g/mol. The summed E-state index contributed by atoms with van der Waals surface area (Å²) in [5.41, 5.74) is 0. The topological polar surface area (TPSA) is 0 Å². The number of benzene rings is 1. The zero-order chi connectivity index (χ0) is 12.7. The summed E-state index contributed by atoms with van der Waals surface area (Å²) >= 11 is 0. The highest BCUT2D eigenvalue weighted by molar-refractivity contribution is 4.99. The molecule has 0 atom stereocenters. The lowest BCUT2D eigenvalue weighted by Gasteiger charge is -1.88. The van der Waals surface area contributed by atoms with Crippen molar-refractivity contribution in [3.63, 3.8) is 0 Å². The van der Waals surface area contributed by atoms with Crippen LogP contribution in [0.15, 0.2) is 36.4 Å². The molecule has 1 rings (SSSR count). The maximum atomic E-state index is 10.4. The van der Waals surface area contributed by atoms with Crippen molar-refractivity contribution in [2.24, 2.45) is 0 Å². The van der Waals surface area contributed by atoms with Crippen LogP contribution in [0.3, 0.4) is 0 Å². The van der Waals surface area contributed by atoms with Gasteiger partial charge in [0.2, 0.25) is 0 Å². The Morgan fingerprint density at radius 1 is 0.600 bits per heavy atom. The van der Waals surface area contributed by atoms with E-state index in [0.717, 1.165) is 0 Å². The first kappa shape index (κ1) is 19.6. The Labute approximate surface area is 91.1 Å². The van der Waals surface area contributed by atoms with Crippen molar-refractivity contribution in [3.05, 3.63) is 36.4 Å². The summed E-state index contributed by atoms with van der Waals surface area (Å²) in [6.45, 7) is 8.19. The smallest absolute Gasteiger partial charge is 0.172 e. The second kappa shape index (κ2) is 15.5. The average molecular weight is 222 g/mol. The normalized spacial score (nSPS) is 8.00. The molecule has 15 heavy (non-hydrogen) atoms. The van der Waals surface area contributed by atoms with Crippen molar-refractivity contribution < 1.29 is 13.2 Å². The zero-order valence-corrected chi connectivity index (χ0v) is 10.1. The lowest BCUT2D eigenvalue weighted by atomic mass is 10.4. The zero-order valence-electron chi connectivity index (χ0n) is 10.1. The fourth-order valence-electron chi connectivity index (χ4n) is 0.385. The summed E-state index contributed by atoms with van der Waals surface area (Å²) in [4.78, 5) is 0. The van der Waals surface area contributed by atoms with Crippen LogP contribution in [0.4, 0.5) is 13.2 Å². The molecule has 0 amide bonds. The summed E-state index contributed by atoms with van der Waals surface area (Å²) in [7, 11) is 0. The minimum atomic E-state index is -4.00. The van der Waals surface area contributed by atoms with E-state index < -0.39 is 6.18 Å². The molecule has 0 saturated carbocycles. The minimum Gasteiger partial charge on any atom is -0.172 e. The van der Waals surface area contributed by atoms with E-state index in [2.05, 4.69) is 0 Å². The number of rotatable bonds is 0. The van der Waals surface area contributed by atoms with Crippen LogP contribution in [0.5, 0.6) is 0 Å². The van der Waals surface area contributed by atoms with Gasteiger partial charge in [-0.2, -0.15) is 13.2 Å². The molecule has 0 aliphatic heterocycles. The van der Waals surface area contributed by atoms with Crippen LogP contribution in [0, 0.1) is 0 Å². The van der Waals surface area contributed by atoms with E-state index >= 15 is 0 Å². The lowest BCUT2D eigenvalue weighted by Crippen LogP contribution is -1.95. The molecular formula is C12H21F3.